The first-order chi connectivity index (χ1) is 6.61. The second-order valence-corrected chi connectivity index (χ2v) is 4.28. The van der Waals surface area contributed by atoms with Gasteiger partial charge in [0.25, 0.3) is 0 Å². The predicted molar refractivity (Wildman–Crippen MR) is 62.9 cm³/mol. The van der Waals surface area contributed by atoms with E-state index in [-0.39, 0.29) is 0 Å². The molecule has 0 aliphatic heterocycles. The lowest BCUT2D eigenvalue weighted by molar-refractivity contribution is 0.406. The Morgan fingerprint density at radius 3 is 2.64 bits per heavy atom. The monoisotopic (exact) mass is 257 g/mol. The first-order valence-corrected chi connectivity index (χ1v) is 5.44. The zero-order valence-electron chi connectivity index (χ0n) is 8.80. The van der Waals surface area contributed by atoms with Crippen molar-refractivity contribution >= 4 is 15.9 Å². The predicted octanol–water partition coefficient (Wildman–Crippen LogP) is 2.83. The van der Waals surface area contributed by atoms with Gasteiger partial charge in [-0.1, -0.05) is 22.9 Å². The first-order valence-electron chi connectivity index (χ1n) is 4.64. The molecule has 1 rings (SSSR count). The van der Waals surface area contributed by atoms with Crippen LogP contribution >= 0.6 is 15.9 Å². The van der Waals surface area contributed by atoms with E-state index in [0.717, 1.165) is 10.2 Å². The van der Waals surface area contributed by atoms with Crippen molar-refractivity contribution in [3.8, 4) is 5.75 Å². The molecule has 0 spiro atoms. The molecule has 1 unspecified atom stereocenters. The summed E-state index contributed by atoms with van der Waals surface area (Å²) in [4.78, 5) is 0. The average Bonchev–Trinajstić information content (AvgIpc) is 2.20. The van der Waals surface area contributed by atoms with Crippen molar-refractivity contribution in [1.82, 2.24) is 0 Å². The number of methoxy groups -OCH3 is 1. The van der Waals surface area contributed by atoms with E-state index in [1.54, 1.807) is 7.11 Å². The highest BCUT2D eigenvalue weighted by Crippen LogP contribution is 2.33. The summed E-state index contributed by atoms with van der Waals surface area (Å²) < 4.78 is 6.43. The number of rotatable bonds is 3. The summed E-state index contributed by atoms with van der Waals surface area (Å²) in [5.41, 5.74) is 8.08. The van der Waals surface area contributed by atoms with E-state index in [2.05, 4.69) is 29.8 Å². The minimum Gasteiger partial charge on any atom is -0.496 e. The van der Waals surface area contributed by atoms with Crippen molar-refractivity contribution < 1.29 is 4.74 Å². The molecule has 0 saturated carbocycles. The van der Waals surface area contributed by atoms with Gasteiger partial charge in [-0.25, -0.2) is 0 Å². The smallest absolute Gasteiger partial charge is 0.122 e. The van der Waals surface area contributed by atoms with Crippen molar-refractivity contribution in [1.29, 1.82) is 0 Å². The van der Waals surface area contributed by atoms with Crippen molar-refractivity contribution in [2.45, 2.75) is 19.8 Å². The highest BCUT2D eigenvalue weighted by Gasteiger charge is 2.14. The molecule has 0 radical (unpaired) electrons. The molecule has 1 atom stereocenters. The molecule has 1 aromatic carbocycles. The Labute approximate surface area is 93.6 Å². The fraction of sp³-hybridized carbons (Fsp3) is 0.455. The van der Waals surface area contributed by atoms with Crippen LogP contribution in [0.5, 0.6) is 5.75 Å². The summed E-state index contributed by atoms with van der Waals surface area (Å²) in [6.45, 7) is 4.82. The van der Waals surface area contributed by atoms with Gasteiger partial charge in [-0.05, 0) is 37.1 Å². The Hall–Kier alpha value is -0.540. The molecule has 3 heteroatoms. The minimum absolute atomic E-state index is 0.322. The number of halogens is 1. The molecule has 0 aromatic heterocycles. The molecule has 0 bridgehead atoms. The molecular formula is C11H16BrNO. The molecule has 1 aromatic rings. The Morgan fingerprint density at radius 2 is 2.14 bits per heavy atom. The molecule has 0 heterocycles. The number of hydrogen-bond acceptors (Lipinski definition) is 2. The van der Waals surface area contributed by atoms with Crippen LogP contribution in [-0.4, -0.2) is 13.7 Å². The number of hydrogen-bond donors (Lipinski definition) is 1. The van der Waals surface area contributed by atoms with E-state index in [9.17, 15) is 0 Å². The lowest BCUT2D eigenvalue weighted by atomic mass is 9.95. The van der Waals surface area contributed by atoms with Gasteiger partial charge in [-0.2, -0.15) is 0 Å². The first kappa shape index (κ1) is 11.5. The average molecular weight is 258 g/mol. The van der Waals surface area contributed by atoms with Crippen LogP contribution in [0.3, 0.4) is 0 Å². The van der Waals surface area contributed by atoms with Gasteiger partial charge in [0.1, 0.15) is 5.75 Å². The van der Waals surface area contributed by atoms with E-state index in [0.29, 0.717) is 12.5 Å². The van der Waals surface area contributed by atoms with Crippen molar-refractivity contribution in [2.75, 3.05) is 13.7 Å². The molecule has 0 saturated heterocycles. The topological polar surface area (TPSA) is 35.2 Å². The van der Waals surface area contributed by atoms with Crippen LogP contribution < -0.4 is 10.5 Å². The van der Waals surface area contributed by atoms with Gasteiger partial charge in [0.05, 0.1) is 7.11 Å². The summed E-state index contributed by atoms with van der Waals surface area (Å²) in [5.74, 6) is 1.24. The number of ether oxygens (including phenoxy) is 1. The highest BCUT2D eigenvalue weighted by atomic mass is 79.9. The molecule has 0 aliphatic carbocycles. The zero-order chi connectivity index (χ0) is 10.7. The van der Waals surface area contributed by atoms with Gasteiger partial charge in [-0.15, -0.1) is 0 Å². The Morgan fingerprint density at radius 1 is 1.50 bits per heavy atom. The normalized spacial score (nSPS) is 12.6. The van der Waals surface area contributed by atoms with Gasteiger partial charge in [0.2, 0.25) is 0 Å². The third-order valence-electron chi connectivity index (χ3n) is 2.48. The quantitative estimate of drug-likeness (QED) is 0.904. The molecular weight excluding hydrogens is 242 g/mol. The molecule has 0 fully saturated rings. The van der Waals surface area contributed by atoms with Gasteiger partial charge in [0.15, 0.2) is 0 Å². The zero-order valence-corrected chi connectivity index (χ0v) is 10.4. The van der Waals surface area contributed by atoms with Crippen molar-refractivity contribution in [2.24, 2.45) is 5.73 Å². The van der Waals surface area contributed by atoms with E-state index in [4.69, 9.17) is 10.5 Å². The SMILES string of the molecule is COc1ccc(Br)c(C)c1C(C)CN. The fourth-order valence-corrected chi connectivity index (χ4v) is 1.93. The van der Waals surface area contributed by atoms with Gasteiger partial charge in [0, 0.05) is 10.0 Å². The lowest BCUT2D eigenvalue weighted by Gasteiger charge is -2.17. The molecule has 0 aliphatic rings. The highest BCUT2D eigenvalue weighted by molar-refractivity contribution is 9.10. The lowest BCUT2D eigenvalue weighted by Crippen LogP contribution is -2.11. The Bertz CT molecular complexity index is 325. The number of benzene rings is 1. The second kappa shape index (κ2) is 4.80. The minimum atomic E-state index is 0.322. The van der Waals surface area contributed by atoms with E-state index in [1.807, 2.05) is 12.1 Å². The van der Waals surface area contributed by atoms with Crippen LogP contribution in [-0.2, 0) is 0 Å². The molecule has 78 valence electrons. The Kier molecular flexibility index (Phi) is 3.96. The van der Waals surface area contributed by atoms with Crippen LogP contribution in [0.2, 0.25) is 0 Å². The molecule has 14 heavy (non-hydrogen) atoms. The van der Waals surface area contributed by atoms with Crippen LogP contribution in [0, 0.1) is 6.92 Å². The summed E-state index contributed by atoms with van der Waals surface area (Å²) >= 11 is 3.51. The Balaban J connectivity index is 3.27. The second-order valence-electron chi connectivity index (χ2n) is 3.43. The van der Waals surface area contributed by atoms with Gasteiger partial charge >= 0.3 is 0 Å². The summed E-state index contributed by atoms with van der Waals surface area (Å²) in [6, 6.07) is 3.97. The maximum Gasteiger partial charge on any atom is 0.122 e. The fourth-order valence-electron chi connectivity index (χ4n) is 1.59. The molecule has 2 N–H and O–H groups in total. The van der Waals surface area contributed by atoms with E-state index >= 15 is 0 Å². The van der Waals surface area contributed by atoms with E-state index in [1.165, 1.54) is 11.1 Å². The third-order valence-corrected chi connectivity index (χ3v) is 3.33. The van der Waals surface area contributed by atoms with E-state index < -0.39 is 0 Å². The maximum absolute atomic E-state index is 5.68. The third kappa shape index (κ3) is 2.10. The largest absolute Gasteiger partial charge is 0.496 e. The van der Waals surface area contributed by atoms with Crippen LogP contribution in [0.4, 0.5) is 0 Å². The maximum atomic E-state index is 5.68. The summed E-state index contributed by atoms with van der Waals surface area (Å²) in [7, 11) is 1.69. The van der Waals surface area contributed by atoms with Gasteiger partial charge < -0.3 is 10.5 Å². The van der Waals surface area contributed by atoms with Crippen LogP contribution in [0.15, 0.2) is 16.6 Å². The molecule has 2 nitrogen and oxygen atoms in total. The van der Waals surface area contributed by atoms with Crippen molar-refractivity contribution in [3.63, 3.8) is 0 Å². The standard InChI is InChI=1S/C11H16BrNO/c1-7(6-13)11-8(2)9(12)4-5-10(11)14-3/h4-5,7H,6,13H2,1-3H3. The van der Waals surface area contributed by atoms with Gasteiger partial charge in [-0.3, -0.25) is 0 Å². The molecule has 0 amide bonds. The van der Waals surface area contributed by atoms with Crippen LogP contribution in [0.25, 0.3) is 0 Å². The summed E-state index contributed by atoms with van der Waals surface area (Å²) in [5, 5.41) is 0. The van der Waals surface area contributed by atoms with Crippen molar-refractivity contribution in [3.05, 3.63) is 27.7 Å². The van der Waals surface area contributed by atoms with Crippen LogP contribution in [0.1, 0.15) is 24.0 Å². The number of nitrogens with two attached hydrogens (primary N) is 1. The summed E-state index contributed by atoms with van der Waals surface area (Å²) in [6.07, 6.45) is 0.